The summed E-state index contributed by atoms with van der Waals surface area (Å²) in [6.45, 7) is 4.40. The summed E-state index contributed by atoms with van der Waals surface area (Å²) in [6, 6.07) is 30.8. The first-order chi connectivity index (χ1) is 17.6. The van der Waals surface area contributed by atoms with E-state index in [0.717, 1.165) is 50.7 Å². The number of nitrogens with one attached hydrogen (secondary N) is 1. The van der Waals surface area contributed by atoms with Gasteiger partial charge in [-0.05, 0) is 71.1 Å². The van der Waals surface area contributed by atoms with E-state index in [1.807, 2.05) is 36.4 Å². The Labute approximate surface area is 212 Å². The lowest BCUT2D eigenvalue weighted by atomic mass is 9.94. The molecule has 36 heavy (non-hydrogen) atoms. The number of ether oxygens (including phenoxy) is 2. The first-order valence-electron chi connectivity index (χ1n) is 12.0. The van der Waals surface area contributed by atoms with Crippen LogP contribution in [0.15, 0.2) is 101 Å². The third-order valence-corrected chi connectivity index (χ3v) is 6.39. The zero-order valence-corrected chi connectivity index (χ0v) is 20.9. The Balaban J connectivity index is 1.54. The second-order valence-electron chi connectivity index (χ2n) is 9.00. The van der Waals surface area contributed by atoms with E-state index in [0.29, 0.717) is 11.8 Å². The van der Waals surface area contributed by atoms with Crippen molar-refractivity contribution in [2.75, 3.05) is 14.2 Å². The molecule has 180 valence electrons. The normalized spacial score (nSPS) is 12.7. The van der Waals surface area contributed by atoms with Crippen molar-refractivity contribution in [3.8, 4) is 22.6 Å². The van der Waals surface area contributed by atoms with E-state index in [1.165, 1.54) is 5.56 Å². The Kier molecular flexibility index (Phi) is 6.54. The second kappa shape index (κ2) is 10.1. The third-order valence-electron chi connectivity index (χ3n) is 6.39. The van der Waals surface area contributed by atoms with Gasteiger partial charge < -0.3 is 9.47 Å². The lowest BCUT2D eigenvalue weighted by Gasteiger charge is -2.12. The van der Waals surface area contributed by atoms with Crippen molar-refractivity contribution in [2.45, 2.75) is 19.8 Å². The number of methoxy groups -OCH3 is 2. The molecular formula is C31H29N3O2. The first-order valence-corrected chi connectivity index (χ1v) is 12.0. The minimum Gasteiger partial charge on any atom is -0.497 e. The number of aliphatic imine (C=N–C) groups is 1. The molecule has 1 heterocycles. The molecule has 0 fully saturated rings. The molecule has 0 radical (unpaired) electrons. The van der Waals surface area contributed by atoms with Crippen LogP contribution in [0, 0.1) is 0 Å². The summed E-state index contributed by atoms with van der Waals surface area (Å²) in [4.78, 5) is 4.96. The first kappa shape index (κ1) is 23.4. The number of benzene rings is 4. The van der Waals surface area contributed by atoms with Gasteiger partial charge >= 0.3 is 0 Å². The topological polar surface area (TPSA) is 55.2 Å². The van der Waals surface area contributed by atoms with Gasteiger partial charge in [-0.2, -0.15) is 5.10 Å². The van der Waals surface area contributed by atoms with Crippen LogP contribution >= 0.6 is 0 Å². The molecule has 0 unspecified atom stereocenters. The molecule has 1 aliphatic rings. The lowest BCUT2D eigenvalue weighted by molar-refractivity contribution is 0.414. The molecule has 0 amide bonds. The highest BCUT2D eigenvalue weighted by Crippen LogP contribution is 2.30. The molecule has 4 aromatic carbocycles. The number of fused-ring (bicyclic) bond motifs is 1. The van der Waals surface area contributed by atoms with E-state index in [2.05, 4.69) is 73.9 Å². The minimum atomic E-state index is 0.398. The molecule has 0 bridgehead atoms. The van der Waals surface area contributed by atoms with E-state index in [1.54, 1.807) is 14.2 Å². The fraction of sp³-hybridized carbons (Fsp3) is 0.161. The summed E-state index contributed by atoms with van der Waals surface area (Å²) in [5, 5.41) is 4.85. The highest BCUT2D eigenvalue weighted by atomic mass is 16.5. The summed E-state index contributed by atoms with van der Waals surface area (Å²) >= 11 is 0. The number of hydrogen-bond donors (Lipinski definition) is 1. The van der Waals surface area contributed by atoms with Crippen molar-refractivity contribution >= 4 is 17.2 Å². The molecule has 5 nitrogen and oxygen atoms in total. The van der Waals surface area contributed by atoms with Crippen LogP contribution in [-0.2, 0) is 0 Å². The van der Waals surface area contributed by atoms with E-state index in [4.69, 9.17) is 19.6 Å². The van der Waals surface area contributed by atoms with Crippen LogP contribution in [0.25, 0.3) is 11.1 Å². The van der Waals surface area contributed by atoms with E-state index >= 15 is 0 Å². The van der Waals surface area contributed by atoms with Crippen molar-refractivity contribution in [1.29, 1.82) is 0 Å². The van der Waals surface area contributed by atoms with Gasteiger partial charge in [0.2, 0.25) is 0 Å². The van der Waals surface area contributed by atoms with Crippen molar-refractivity contribution in [3.05, 3.63) is 113 Å². The zero-order valence-electron chi connectivity index (χ0n) is 20.9. The van der Waals surface area contributed by atoms with Crippen molar-refractivity contribution in [3.63, 3.8) is 0 Å². The van der Waals surface area contributed by atoms with Crippen LogP contribution in [0.3, 0.4) is 0 Å². The maximum absolute atomic E-state index is 5.31. The molecule has 0 saturated heterocycles. The molecule has 0 saturated carbocycles. The molecule has 1 aliphatic heterocycles. The predicted octanol–water partition coefficient (Wildman–Crippen LogP) is 6.93. The van der Waals surface area contributed by atoms with Crippen molar-refractivity contribution < 1.29 is 9.47 Å². The van der Waals surface area contributed by atoms with Gasteiger partial charge in [-0.1, -0.05) is 56.3 Å². The standard InChI is InChI=1S/C31H29N3O2/c1-20(2)25-13-18-29-28(19-25)30(33-34-31(32-29)24-11-16-27(36-4)17-12-24)23-7-5-21(6-8-23)22-9-14-26(35-3)15-10-22/h5-20H,1-4H3,(H,32,34). The van der Waals surface area contributed by atoms with Gasteiger partial charge in [0.1, 0.15) is 11.5 Å². The second-order valence-corrected chi connectivity index (χ2v) is 9.00. The highest BCUT2D eigenvalue weighted by Gasteiger charge is 2.19. The van der Waals surface area contributed by atoms with Crippen LogP contribution in [0.5, 0.6) is 11.5 Å². The maximum atomic E-state index is 5.31. The minimum absolute atomic E-state index is 0.398. The maximum Gasteiger partial charge on any atom is 0.154 e. The van der Waals surface area contributed by atoms with Gasteiger partial charge in [0.25, 0.3) is 0 Å². The number of nitrogens with zero attached hydrogens (tertiary/aromatic N) is 2. The molecule has 0 aliphatic carbocycles. The monoisotopic (exact) mass is 475 g/mol. The molecule has 5 heteroatoms. The van der Waals surface area contributed by atoms with Gasteiger partial charge in [0.15, 0.2) is 5.84 Å². The number of amidine groups is 1. The van der Waals surface area contributed by atoms with Crippen LogP contribution in [0.4, 0.5) is 5.69 Å². The van der Waals surface area contributed by atoms with Gasteiger partial charge in [-0.3, -0.25) is 5.43 Å². The zero-order chi connectivity index (χ0) is 25.1. The van der Waals surface area contributed by atoms with Crippen molar-refractivity contribution in [1.82, 2.24) is 5.43 Å². The van der Waals surface area contributed by atoms with E-state index < -0.39 is 0 Å². The third kappa shape index (κ3) is 4.73. The summed E-state index contributed by atoms with van der Waals surface area (Å²) in [6.07, 6.45) is 0. The summed E-state index contributed by atoms with van der Waals surface area (Å²) < 4.78 is 10.6. The SMILES string of the molecule is COc1ccc(C2=Nc3ccc(C(C)C)cc3C(c3ccc(-c4ccc(OC)cc4)cc3)=NN2)cc1. The quantitative estimate of drug-likeness (QED) is 0.329. The Morgan fingerprint density at radius 2 is 1.17 bits per heavy atom. The molecule has 4 aromatic rings. The van der Waals surface area contributed by atoms with Crippen LogP contribution < -0.4 is 14.9 Å². The fourth-order valence-electron chi connectivity index (χ4n) is 4.22. The molecule has 1 N–H and O–H groups in total. The van der Waals surface area contributed by atoms with E-state index in [9.17, 15) is 0 Å². The predicted molar refractivity (Wildman–Crippen MR) is 147 cm³/mol. The smallest absolute Gasteiger partial charge is 0.154 e. The van der Waals surface area contributed by atoms with Crippen LogP contribution in [-0.4, -0.2) is 25.8 Å². The largest absolute Gasteiger partial charge is 0.497 e. The fourth-order valence-corrected chi connectivity index (χ4v) is 4.22. The summed E-state index contributed by atoms with van der Waals surface area (Å²) in [5.74, 6) is 2.74. The highest BCUT2D eigenvalue weighted by molar-refractivity contribution is 6.18. The average molecular weight is 476 g/mol. The van der Waals surface area contributed by atoms with Gasteiger partial charge in [0.05, 0.1) is 25.6 Å². The summed E-state index contributed by atoms with van der Waals surface area (Å²) in [7, 11) is 3.34. The summed E-state index contributed by atoms with van der Waals surface area (Å²) in [5.41, 5.74) is 11.5. The lowest BCUT2D eigenvalue weighted by Crippen LogP contribution is -2.19. The molecule has 5 rings (SSSR count). The number of hydrogen-bond acceptors (Lipinski definition) is 5. The van der Waals surface area contributed by atoms with Crippen LogP contribution in [0.1, 0.15) is 42.0 Å². The Bertz CT molecular complexity index is 1420. The van der Waals surface area contributed by atoms with Crippen molar-refractivity contribution in [2.24, 2.45) is 10.1 Å². The van der Waals surface area contributed by atoms with E-state index in [-0.39, 0.29) is 0 Å². The Hall–Kier alpha value is -4.38. The van der Waals surface area contributed by atoms with Gasteiger partial charge in [-0.25, -0.2) is 4.99 Å². The Morgan fingerprint density at radius 3 is 1.72 bits per heavy atom. The number of rotatable bonds is 6. The average Bonchev–Trinajstić information content (AvgIpc) is 3.12. The Morgan fingerprint density at radius 1 is 0.639 bits per heavy atom. The molecular weight excluding hydrogens is 446 g/mol. The number of hydrazone groups is 1. The van der Waals surface area contributed by atoms with Crippen LogP contribution in [0.2, 0.25) is 0 Å². The molecule has 0 atom stereocenters. The van der Waals surface area contributed by atoms with Gasteiger partial charge in [-0.15, -0.1) is 0 Å². The van der Waals surface area contributed by atoms with Gasteiger partial charge in [0, 0.05) is 16.7 Å². The molecule has 0 spiro atoms. The molecule has 0 aromatic heterocycles.